The number of hydrogen-bond donors (Lipinski definition) is 5. The van der Waals surface area contributed by atoms with Crippen molar-refractivity contribution in [1.82, 2.24) is 0 Å². The molecule has 1 aromatic rings. The number of benzene rings is 1. The quantitative estimate of drug-likeness (QED) is 0.136. The summed E-state index contributed by atoms with van der Waals surface area (Å²) in [6.45, 7) is 11.6. The monoisotopic (exact) mass is 812 g/mol. The van der Waals surface area contributed by atoms with Gasteiger partial charge in [0.15, 0.2) is 18.4 Å². The van der Waals surface area contributed by atoms with Crippen LogP contribution in [0.4, 0.5) is 0 Å². The molecule has 0 amide bonds. The summed E-state index contributed by atoms with van der Waals surface area (Å²) in [5, 5.41) is 56.7. The second-order valence-corrected chi connectivity index (χ2v) is 19.5. The lowest BCUT2D eigenvalue weighted by atomic mass is 9.46. The van der Waals surface area contributed by atoms with Crippen molar-refractivity contribution in [2.75, 3.05) is 19.8 Å². The maximum atomic E-state index is 14.1. The number of Topliss-reactive ketones (excluding diaryl/α,β-unsaturated/α-hetero) is 2. The zero-order chi connectivity index (χ0) is 41.7. The predicted molar refractivity (Wildman–Crippen MR) is 213 cm³/mol. The van der Waals surface area contributed by atoms with Gasteiger partial charge in [-0.15, -0.1) is 0 Å². The molecule has 6 aliphatic rings. The van der Waals surface area contributed by atoms with Gasteiger partial charge in [0.2, 0.25) is 0 Å². The van der Waals surface area contributed by atoms with Crippen LogP contribution in [0.25, 0.3) is 0 Å². The Labute approximate surface area is 343 Å². The molecule has 2 saturated heterocycles. The Morgan fingerprint density at radius 2 is 1.60 bits per heavy atom. The van der Waals surface area contributed by atoms with E-state index in [4.69, 9.17) is 23.7 Å². The summed E-state index contributed by atoms with van der Waals surface area (Å²) in [6, 6.07) is 8.60. The van der Waals surface area contributed by atoms with Gasteiger partial charge in [0.25, 0.3) is 0 Å². The maximum Gasteiger partial charge on any atom is 0.188 e. The molecule has 0 bridgehead atoms. The van der Waals surface area contributed by atoms with Crippen molar-refractivity contribution < 1.29 is 58.8 Å². The number of ether oxygens (including phenoxy) is 5. The standard InChI is InChI=1S/C46H68O12/c1-25(2)12-15-34(48)27(4)46(53)38(21-33-31-14-13-29-20-30(47)16-18-44(29,5)32(31)17-19-45(33,46)6)57-42-26(3)40(37(51)24-55-42)58-43-41(39(52)36(50)23-56-43)54-22-35(49)28-10-8-7-9-11-28/h7-11,13,25-27,30-33,36-43,47,50-53H,12,14-24H2,1-6H3/t26?,27-,30+,31?,32?,33?,36+,37-,38+,39?,40-,41-,42-,43+,44+,45+,46-/m1/s1. The van der Waals surface area contributed by atoms with Crippen molar-refractivity contribution in [3.05, 3.63) is 47.5 Å². The predicted octanol–water partition coefficient (Wildman–Crippen LogP) is 4.76. The lowest BCUT2D eigenvalue weighted by Crippen LogP contribution is -2.62. The zero-order valence-corrected chi connectivity index (χ0v) is 35.2. The largest absolute Gasteiger partial charge is 0.393 e. The third kappa shape index (κ3) is 7.93. The van der Waals surface area contributed by atoms with E-state index in [1.165, 1.54) is 5.57 Å². The van der Waals surface area contributed by atoms with Gasteiger partial charge in [-0.3, -0.25) is 9.59 Å². The highest BCUT2D eigenvalue weighted by Gasteiger charge is 2.70. The first-order chi connectivity index (χ1) is 27.5. The molecule has 0 aromatic heterocycles. The molecule has 324 valence electrons. The van der Waals surface area contributed by atoms with Gasteiger partial charge in [-0.05, 0) is 80.5 Å². The fourth-order valence-electron chi connectivity index (χ4n) is 12.1. The third-order valence-electron chi connectivity index (χ3n) is 15.7. The second-order valence-electron chi connectivity index (χ2n) is 19.5. The van der Waals surface area contributed by atoms with E-state index in [0.29, 0.717) is 30.2 Å². The molecule has 3 saturated carbocycles. The maximum absolute atomic E-state index is 14.1. The van der Waals surface area contributed by atoms with E-state index in [9.17, 15) is 35.1 Å². The fraction of sp³-hybridized carbons (Fsp3) is 0.783. The molecule has 5 unspecified atom stereocenters. The highest BCUT2D eigenvalue weighted by molar-refractivity contribution is 5.97. The number of allylic oxidation sites excluding steroid dienone is 1. The van der Waals surface area contributed by atoms with E-state index in [1.54, 1.807) is 30.3 Å². The van der Waals surface area contributed by atoms with Gasteiger partial charge in [0.1, 0.15) is 42.4 Å². The average Bonchev–Trinajstić information content (AvgIpc) is 3.43. The smallest absolute Gasteiger partial charge is 0.188 e. The molecule has 7 rings (SSSR count). The van der Waals surface area contributed by atoms with Crippen LogP contribution in [0.15, 0.2) is 42.0 Å². The van der Waals surface area contributed by atoms with Crippen molar-refractivity contribution >= 4 is 11.6 Å². The Balaban J connectivity index is 1.12. The van der Waals surface area contributed by atoms with Gasteiger partial charge in [0.05, 0.1) is 31.5 Å². The zero-order valence-electron chi connectivity index (χ0n) is 35.2. The SMILES string of the molecule is CC(C)CCC(=O)[C@@H](C)[C@@]1(O)[C@@H](O[C@H]2OC[C@@H](O)[C@H](O[C@@H]3OC[C@H](O)C(O)[C@H]3OCC(=O)c3ccccc3)C2C)CC2C3CC=C4C[C@@H](O)CC[C@]4(C)C3CC[C@@]21C. The summed E-state index contributed by atoms with van der Waals surface area (Å²) >= 11 is 0. The minimum Gasteiger partial charge on any atom is -0.393 e. The number of ketones is 2. The molecule has 5 fully saturated rings. The van der Waals surface area contributed by atoms with Gasteiger partial charge in [0, 0.05) is 29.2 Å². The number of carbonyl (C=O) groups is 2. The molecule has 0 radical (unpaired) electrons. The van der Waals surface area contributed by atoms with Crippen LogP contribution in [0.2, 0.25) is 0 Å². The summed E-state index contributed by atoms with van der Waals surface area (Å²) in [5.74, 6) is -0.534. The van der Waals surface area contributed by atoms with Crippen LogP contribution in [0.5, 0.6) is 0 Å². The van der Waals surface area contributed by atoms with Crippen LogP contribution in [0.3, 0.4) is 0 Å². The van der Waals surface area contributed by atoms with E-state index in [0.717, 1.165) is 44.9 Å². The summed E-state index contributed by atoms with van der Waals surface area (Å²) in [7, 11) is 0. The number of aliphatic hydroxyl groups excluding tert-OH is 4. The van der Waals surface area contributed by atoms with E-state index in [2.05, 4.69) is 33.8 Å². The van der Waals surface area contributed by atoms with Crippen LogP contribution in [0.1, 0.15) is 110 Å². The Morgan fingerprint density at radius 1 is 0.897 bits per heavy atom. The topological polar surface area (TPSA) is 181 Å². The minimum absolute atomic E-state index is 0.0118. The number of fused-ring (bicyclic) bond motifs is 5. The van der Waals surface area contributed by atoms with Gasteiger partial charge >= 0.3 is 0 Å². The lowest BCUT2D eigenvalue weighted by Gasteiger charge is -2.59. The van der Waals surface area contributed by atoms with Gasteiger partial charge in [-0.1, -0.05) is 83.5 Å². The van der Waals surface area contributed by atoms with E-state index < -0.39 is 78.7 Å². The third-order valence-corrected chi connectivity index (χ3v) is 15.7. The normalized spacial score (nSPS) is 44.5. The number of rotatable bonds is 13. The second kappa shape index (κ2) is 17.3. The average molecular weight is 813 g/mol. The molecule has 12 heteroatoms. The van der Waals surface area contributed by atoms with Crippen LogP contribution >= 0.6 is 0 Å². The minimum atomic E-state index is -1.50. The Bertz CT molecular complexity index is 1630. The van der Waals surface area contributed by atoms with Crippen molar-refractivity contribution in [1.29, 1.82) is 0 Å². The Hall–Kier alpha value is -2.10. The number of carbonyl (C=O) groups excluding carboxylic acids is 2. The highest BCUT2D eigenvalue weighted by Crippen LogP contribution is 2.69. The first-order valence-corrected chi connectivity index (χ1v) is 21.9. The van der Waals surface area contributed by atoms with Crippen LogP contribution in [-0.4, -0.2) is 118 Å². The molecule has 4 aliphatic carbocycles. The molecule has 17 atom stereocenters. The molecule has 2 heterocycles. The highest BCUT2D eigenvalue weighted by atomic mass is 16.7. The summed E-state index contributed by atoms with van der Waals surface area (Å²) < 4.78 is 31.2. The van der Waals surface area contributed by atoms with Crippen molar-refractivity contribution in [3.63, 3.8) is 0 Å². The van der Waals surface area contributed by atoms with Crippen molar-refractivity contribution in [2.45, 2.75) is 160 Å². The fourth-order valence-corrected chi connectivity index (χ4v) is 12.1. The van der Waals surface area contributed by atoms with E-state index in [-0.39, 0.29) is 48.1 Å². The van der Waals surface area contributed by atoms with Gasteiger partial charge in [-0.2, -0.15) is 0 Å². The molecule has 12 nitrogen and oxygen atoms in total. The number of aliphatic hydroxyl groups is 5. The number of hydrogen-bond acceptors (Lipinski definition) is 12. The van der Waals surface area contributed by atoms with E-state index >= 15 is 0 Å². The van der Waals surface area contributed by atoms with Gasteiger partial charge < -0.3 is 49.2 Å². The molecular formula is C46H68O12. The van der Waals surface area contributed by atoms with Crippen LogP contribution < -0.4 is 0 Å². The summed E-state index contributed by atoms with van der Waals surface area (Å²) in [6.07, 6.45) is -0.276. The van der Waals surface area contributed by atoms with Crippen molar-refractivity contribution in [2.24, 2.45) is 46.3 Å². The molecule has 0 spiro atoms. The molecule has 2 aliphatic heterocycles. The Kier molecular flexibility index (Phi) is 13.1. The molecular weight excluding hydrogens is 744 g/mol. The Morgan fingerprint density at radius 3 is 2.33 bits per heavy atom. The van der Waals surface area contributed by atoms with Gasteiger partial charge in [-0.25, -0.2) is 0 Å². The molecule has 58 heavy (non-hydrogen) atoms. The summed E-state index contributed by atoms with van der Waals surface area (Å²) in [5.41, 5.74) is -0.342. The van der Waals surface area contributed by atoms with Crippen molar-refractivity contribution in [3.8, 4) is 0 Å². The van der Waals surface area contributed by atoms with Crippen LogP contribution in [-0.2, 0) is 28.5 Å². The lowest BCUT2D eigenvalue weighted by molar-refractivity contribution is -0.337. The first kappa shape index (κ1) is 44.0. The molecule has 1 aromatic carbocycles. The van der Waals surface area contributed by atoms with Crippen LogP contribution in [0, 0.1) is 46.3 Å². The molecule has 5 N–H and O–H groups in total. The first-order valence-electron chi connectivity index (χ1n) is 21.9. The van der Waals surface area contributed by atoms with E-state index in [1.807, 2.05) is 13.8 Å². The summed E-state index contributed by atoms with van der Waals surface area (Å²) in [4.78, 5) is 27.0.